The predicted molar refractivity (Wildman–Crippen MR) is 108 cm³/mol. The second-order valence-corrected chi connectivity index (χ2v) is 6.45. The van der Waals surface area contributed by atoms with E-state index in [1.807, 2.05) is 51.1 Å². The molecule has 0 fully saturated rings. The molecular weight excluding hydrogens is 348 g/mol. The summed E-state index contributed by atoms with van der Waals surface area (Å²) in [5, 5.41) is 6.78. The summed E-state index contributed by atoms with van der Waals surface area (Å²) in [6.07, 6.45) is 0. The van der Waals surface area contributed by atoms with Crippen molar-refractivity contribution >= 4 is 29.0 Å². The number of carbonyl (C=O) groups is 1. The molecule has 138 valence electrons. The number of hydrogen-bond acceptors (Lipinski definition) is 4. The smallest absolute Gasteiger partial charge is 0.338 e. The Kier molecular flexibility index (Phi) is 6.97. The Morgan fingerprint density at radius 1 is 1.15 bits per heavy atom. The number of benzene rings is 2. The van der Waals surface area contributed by atoms with Crippen LogP contribution in [-0.4, -0.2) is 30.8 Å². The molecule has 0 spiro atoms. The lowest BCUT2D eigenvalue weighted by molar-refractivity contribution is 0.0600. The van der Waals surface area contributed by atoms with Gasteiger partial charge in [-0.2, -0.15) is 0 Å². The second-order valence-electron chi connectivity index (χ2n) is 6.05. The fourth-order valence-electron chi connectivity index (χ4n) is 2.46. The van der Waals surface area contributed by atoms with Crippen molar-refractivity contribution in [2.75, 3.05) is 19.0 Å². The molecule has 1 unspecified atom stereocenters. The van der Waals surface area contributed by atoms with Crippen LogP contribution < -0.4 is 15.4 Å². The topological polar surface area (TPSA) is 59.6 Å². The maximum atomic E-state index is 11.8. The largest absolute Gasteiger partial charge is 0.491 e. The Bertz CT molecular complexity index is 792. The number of nitrogens with one attached hydrogen (secondary N) is 2. The number of esters is 1. The number of thiocarbonyl (C=S) groups is 1. The predicted octanol–water partition coefficient (Wildman–Crippen LogP) is 3.84. The summed E-state index contributed by atoms with van der Waals surface area (Å²) in [7, 11) is 1.37. The Balaban J connectivity index is 1.92. The number of hydrogen-bond donors (Lipinski definition) is 2. The van der Waals surface area contributed by atoms with Crippen molar-refractivity contribution in [3.63, 3.8) is 0 Å². The highest BCUT2D eigenvalue weighted by Crippen LogP contribution is 2.20. The zero-order chi connectivity index (χ0) is 19.1. The third kappa shape index (κ3) is 5.20. The first-order chi connectivity index (χ1) is 12.4. The maximum absolute atomic E-state index is 11.8. The van der Waals surface area contributed by atoms with Crippen molar-refractivity contribution in [2.45, 2.75) is 26.8 Å². The van der Waals surface area contributed by atoms with Crippen molar-refractivity contribution < 1.29 is 14.3 Å². The first-order valence-corrected chi connectivity index (χ1v) is 8.77. The van der Waals surface area contributed by atoms with Gasteiger partial charge >= 0.3 is 5.97 Å². The van der Waals surface area contributed by atoms with E-state index < -0.39 is 0 Å². The molecule has 0 saturated heterocycles. The molecule has 2 aromatic rings. The van der Waals surface area contributed by atoms with Crippen LogP contribution in [0.5, 0.6) is 5.75 Å². The van der Waals surface area contributed by atoms with Crippen molar-refractivity contribution in [1.29, 1.82) is 0 Å². The Morgan fingerprint density at radius 2 is 1.88 bits per heavy atom. The number of methoxy groups -OCH3 is 1. The van der Waals surface area contributed by atoms with Gasteiger partial charge in [0.15, 0.2) is 5.11 Å². The van der Waals surface area contributed by atoms with Crippen LogP contribution in [0.25, 0.3) is 0 Å². The first kappa shape index (κ1) is 19.7. The van der Waals surface area contributed by atoms with Crippen LogP contribution >= 0.6 is 12.2 Å². The number of anilines is 1. The van der Waals surface area contributed by atoms with E-state index in [2.05, 4.69) is 10.6 Å². The highest BCUT2D eigenvalue weighted by atomic mass is 32.1. The fraction of sp³-hybridized carbons (Fsp3) is 0.300. The zero-order valence-electron chi connectivity index (χ0n) is 15.5. The number of ether oxygens (including phenoxy) is 2. The summed E-state index contributed by atoms with van der Waals surface area (Å²) in [5.41, 5.74) is 3.15. The molecule has 2 rings (SSSR count). The van der Waals surface area contributed by atoms with Gasteiger partial charge in [0.25, 0.3) is 0 Å². The van der Waals surface area contributed by atoms with Crippen LogP contribution in [-0.2, 0) is 4.74 Å². The standard InChI is InChI=1S/C20H24N2O3S/c1-13-8-5-6-11-18(13)25-12-14(2)21-20(26)22-17-10-7-9-16(15(17)3)19(23)24-4/h5-11,14H,12H2,1-4H3,(H2,21,22,26). The molecule has 0 bridgehead atoms. The average Bonchev–Trinajstić information content (AvgIpc) is 2.62. The SMILES string of the molecule is COC(=O)c1cccc(NC(=S)NC(C)COc2ccccc2C)c1C. The van der Waals surface area contributed by atoms with E-state index in [9.17, 15) is 4.79 Å². The van der Waals surface area contributed by atoms with Gasteiger partial charge in [0.05, 0.1) is 18.7 Å². The minimum atomic E-state index is -0.370. The molecule has 2 N–H and O–H groups in total. The number of para-hydroxylation sites is 1. The molecule has 0 saturated carbocycles. The van der Waals surface area contributed by atoms with Crippen LogP contribution in [0.3, 0.4) is 0 Å². The lowest BCUT2D eigenvalue weighted by Gasteiger charge is -2.19. The molecule has 5 nitrogen and oxygen atoms in total. The van der Waals surface area contributed by atoms with Crippen LogP contribution in [0.4, 0.5) is 5.69 Å². The summed E-state index contributed by atoms with van der Waals surface area (Å²) in [6.45, 7) is 6.33. The molecule has 0 amide bonds. The Hall–Kier alpha value is -2.60. The quantitative estimate of drug-likeness (QED) is 0.593. The van der Waals surface area contributed by atoms with Gasteiger partial charge in [-0.3, -0.25) is 0 Å². The van der Waals surface area contributed by atoms with Crippen molar-refractivity contribution in [2.24, 2.45) is 0 Å². The first-order valence-electron chi connectivity index (χ1n) is 8.36. The van der Waals surface area contributed by atoms with E-state index in [-0.39, 0.29) is 12.0 Å². The summed E-state index contributed by atoms with van der Waals surface area (Å²) < 4.78 is 10.6. The summed E-state index contributed by atoms with van der Waals surface area (Å²) >= 11 is 5.37. The van der Waals surface area contributed by atoms with Crippen LogP contribution in [0.1, 0.15) is 28.4 Å². The van der Waals surface area contributed by atoms with E-state index in [0.29, 0.717) is 17.3 Å². The second kappa shape index (κ2) is 9.20. The van der Waals surface area contributed by atoms with Gasteiger partial charge in [-0.05, 0) is 62.3 Å². The van der Waals surface area contributed by atoms with Crippen LogP contribution in [0.15, 0.2) is 42.5 Å². The highest BCUT2D eigenvalue weighted by Gasteiger charge is 2.13. The van der Waals surface area contributed by atoms with Crippen LogP contribution in [0, 0.1) is 13.8 Å². The molecule has 0 aliphatic carbocycles. The number of aryl methyl sites for hydroxylation is 1. The van der Waals surface area contributed by atoms with E-state index in [1.165, 1.54) is 7.11 Å². The van der Waals surface area contributed by atoms with Crippen molar-refractivity contribution in [3.05, 3.63) is 59.2 Å². The van der Waals surface area contributed by atoms with Gasteiger partial charge in [-0.1, -0.05) is 24.3 Å². The lowest BCUT2D eigenvalue weighted by Crippen LogP contribution is -2.39. The fourth-order valence-corrected chi connectivity index (χ4v) is 2.77. The van der Waals surface area contributed by atoms with Crippen LogP contribution in [0.2, 0.25) is 0 Å². The molecule has 1 atom stereocenters. The molecule has 6 heteroatoms. The van der Waals surface area contributed by atoms with E-state index in [4.69, 9.17) is 21.7 Å². The summed E-state index contributed by atoms with van der Waals surface area (Å²) in [4.78, 5) is 11.8. The maximum Gasteiger partial charge on any atom is 0.338 e. The Morgan fingerprint density at radius 3 is 2.58 bits per heavy atom. The van der Waals surface area contributed by atoms with Gasteiger partial charge in [-0.25, -0.2) is 4.79 Å². The third-order valence-electron chi connectivity index (χ3n) is 3.95. The van der Waals surface area contributed by atoms with Crippen molar-refractivity contribution in [1.82, 2.24) is 5.32 Å². The Labute approximate surface area is 159 Å². The lowest BCUT2D eigenvalue weighted by atomic mass is 10.1. The molecular formula is C20H24N2O3S. The van der Waals surface area contributed by atoms with Gasteiger partial charge in [0.2, 0.25) is 0 Å². The van der Waals surface area contributed by atoms with Gasteiger partial charge in [0, 0.05) is 5.69 Å². The van der Waals surface area contributed by atoms with E-state index in [0.717, 1.165) is 22.6 Å². The molecule has 2 aromatic carbocycles. The molecule has 26 heavy (non-hydrogen) atoms. The van der Waals surface area contributed by atoms with Gasteiger partial charge in [0.1, 0.15) is 12.4 Å². The van der Waals surface area contributed by atoms with Crippen molar-refractivity contribution in [3.8, 4) is 5.75 Å². The third-order valence-corrected chi connectivity index (χ3v) is 4.17. The average molecular weight is 372 g/mol. The van der Waals surface area contributed by atoms with Gasteiger partial charge in [-0.15, -0.1) is 0 Å². The van der Waals surface area contributed by atoms with E-state index in [1.54, 1.807) is 12.1 Å². The zero-order valence-corrected chi connectivity index (χ0v) is 16.3. The molecule has 0 heterocycles. The normalized spacial score (nSPS) is 11.4. The summed E-state index contributed by atoms with van der Waals surface area (Å²) in [5.74, 6) is 0.492. The minimum Gasteiger partial charge on any atom is -0.491 e. The molecule has 0 radical (unpaired) electrons. The monoisotopic (exact) mass is 372 g/mol. The summed E-state index contributed by atoms with van der Waals surface area (Å²) in [6, 6.07) is 13.3. The number of rotatable bonds is 6. The highest BCUT2D eigenvalue weighted by molar-refractivity contribution is 7.80. The van der Waals surface area contributed by atoms with Gasteiger partial charge < -0.3 is 20.1 Å². The molecule has 0 aliphatic heterocycles. The number of carbonyl (C=O) groups excluding carboxylic acids is 1. The molecule has 0 aliphatic rings. The minimum absolute atomic E-state index is 0.0127. The van der Waals surface area contributed by atoms with E-state index >= 15 is 0 Å². The molecule has 0 aromatic heterocycles.